The van der Waals surface area contributed by atoms with Crippen LogP contribution in [0.15, 0.2) is 43.5 Å². The quantitative estimate of drug-likeness (QED) is 0.298. The van der Waals surface area contributed by atoms with Crippen LogP contribution in [0.4, 0.5) is 5.69 Å². The molecule has 4 rings (SSSR count). The predicted octanol–water partition coefficient (Wildman–Crippen LogP) is 3.78. The number of unbranched alkanes of at least 4 members (excludes halogenated alkanes) is 2. The van der Waals surface area contributed by atoms with E-state index in [1.807, 2.05) is 39.0 Å². The monoisotopic (exact) mass is 551 g/mol. The Labute approximate surface area is 238 Å². The van der Waals surface area contributed by atoms with Crippen LogP contribution < -0.4 is 4.90 Å². The van der Waals surface area contributed by atoms with Crippen LogP contribution >= 0.6 is 0 Å². The number of nitrogens with zero attached hydrogens (tertiary/aromatic N) is 3. The van der Waals surface area contributed by atoms with Crippen molar-refractivity contribution in [1.82, 2.24) is 9.80 Å². The molecule has 0 aromatic heterocycles. The van der Waals surface area contributed by atoms with Crippen molar-refractivity contribution in [1.29, 1.82) is 0 Å². The third-order valence-corrected chi connectivity index (χ3v) is 9.25. The summed E-state index contributed by atoms with van der Waals surface area (Å²) in [5, 5.41) is 9.30. The molecule has 1 aromatic carbocycles. The van der Waals surface area contributed by atoms with Crippen molar-refractivity contribution in [3.63, 3.8) is 0 Å². The number of ether oxygens (including phenoxy) is 1. The summed E-state index contributed by atoms with van der Waals surface area (Å²) in [6.45, 7) is 14.8. The number of benzene rings is 1. The summed E-state index contributed by atoms with van der Waals surface area (Å²) in [4.78, 5) is 48.0. The van der Waals surface area contributed by atoms with E-state index in [1.165, 1.54) is 0 Å². The molecule has 0 saturated carbocycles. The Kier molecular flexibility index (Phi) is 8.90. The minimum atomic E-state index is -1.08. The van der Waals surface area contributed by atoms with Crippen LogP contribution in [0.5, 0.6) is 0 Å². The first kappa shape index (κ1) is 30.0. The molecule has 218 valence electrons. The zero-order valence-electron chi connectivity index (χ0n) is 24.5. The van der Waals surface area contributed by atoms with Gasteiger partial charge in [0.1, 0.15) is 11.6 Å². The Morgan fingerprint density at radius 2 is 1.85 bits per heavy atom. The van der Waals surface area contributed by atoms with Gasteiger partial charge in [0, 0.05) is 39.0 Å². The SMILES string of the molecule is C=CCN(C)C(=O)[C@H]1[C@H]2C(=O)N(CCCCCO)C(C(=O)N(CC=C)c3cc(C)ccc3C)C23CC[C@]1(CC)O3. The van der Waals surface area contributed by atoms with Gasteiger partial charge in [-0.3, -0.25) is 14.4 Å². The van der Waals surface area contributed by atoms with Gasteiger partial charge in [-0.1, -0.05) is 31.2 Å². The number of amides is 3. The van der Waals surface area contributed by atoms with Gasteiger partial charge >= 0.3 is 0 Å². The number of carbonyl (C=O) groups excluding carboxylic acids is 3. The summed E-state index contributed by atoms with van der Waals surface area (Å²) in [6.07, 6.45) is 7.14. The number of aliphatic hydroxyl groups excluding tert-OH is 1. The first-order valence-corrected chi connectivity index (χ1v) is 14.6. The summed E-state index contributed by atoms with van der Waals surface area (Å²) in [5.74, 6) is -1.90. The number of hydrogen-bond donors (Lipinski definition) is 1. The van der Waals surface area contributed by atoms with E-state index in [0.717, 1.165) is 23.2 Å². The second kappa shape index (κ2) is 11.9. The van der Waals surface area contributed by atoms with E-state index >= 15 is 0 Å². The molecule has 1 N–H and O–H groups in total. The summed E-state index contributed by atoms with van der Waals surface area (Å²) >= 11 is 0. The standard InChI is InChI=1S/C32H45N3O5/c1-7-17-33(6)28(37)25-26-29(38)35(19-11-10-12-20-36)27(32(26)16-15-31(25,9-3)40-32)30(39)34(18-8-2)24-21-22(4)13-14-23(24)5/h7-8,13-14,21,25-27,36H,1-2,9-12,15-20H2,3-6H3/t25-,26+,27?,31+,32?/m1/s1. The second-order valence-corrected chi connectivity index (χ2v) is 11.7. The lowest BCUT2D eigenvalue weighted by molar-refractivity contribution is -0.150. The molecule has 8 nitrogen and oxygen atoms in total. The van der Waals surface area contributed by atoms with Gasteiger partial charge < -0.3 is 24.5 Å². The van der Waals surface area contributed by atoms with Gasteiger partial charge in [0.15, 0.2) is 0 Å². The van der Waals surface area contributed by atoms with Gasteiger partial charge in [-0.15, -0.1) is 13.2 Å². The number of aryl methyl sites for hydroxylation is 2. The van der Waals surface area contributed by atoms with Crippen molar-refractivity contribution in [2.75, 3.05) is 38.2 Å². The number of likely N-dealkylation sites (N-methyl/N-ethyl adjacent to an activating group) is 1. The Bertz CT molecular complexity index is 1170. The highest BCUT2D eigenvalue weighted by atomic mass is 16.5. The molecule has 1 aromatic rings. The third kappa shape index (κ3) is 4.79. The molecule has 0 aliphatic carbocycles. The van der Waals surface area contributed by atoms with Crippen LogP contribution in [-0.4, -0.2) is 83.2 Å². The Morgan fingerprint density at radius 1 is 1.12 bits per heavy atom. The van der Waals surface area contributed by atoms with E-state index < -0.39 is 29.1 Å². The summed E-state index contributed by atoms with van der Waals surface area (Å²) < 4.78 is 6.91. The zero-order valence-corrected chi connectivity index (χ0v) is 24.5. The van der Waals surface area contributed by atoms with Crippen molar-refractivity contribution < 1.29 is 24.2 Å². The molecule has 1 spiro atoms. The Morgan fingerprint density at radius 3 is 2.50 bits per heavy atom. The predicted molar refractivity (Wildman–Crippen MR) is 156 cm³/mol. The van der Waals surface area contributed by atoms with Crippen molar-refractivity contribution in [2.24, 2.45) is 11.8 Å². The molecular weight excluding hydrogens is 506 g/mol. The number of aliphatic hydroxyl groups is 1. The fraction of sp³-hybridized carbons (Fsp3) is 0.594. The van der Waals surface area contributed by atoms with Crippen molar-refractivity contribution >= 4 is 23.4 Å². The topological polar surface area (TPSA) is 90.4 Å². The first-order chi connectivity index (χ1) is 19.1. The smallest absolute Gasteiger partial charge is 0.253 e. The number of likely N-dealkylation sites (tertiary alicyclic amines) is 1. The van der Waals surface area contributed by atoms with E-state index in [9.17, 15) is 19.5 Å². The molecule has 40 heavy (non-hydrogen) atoms. The Hall–Kier alpha value is -2.97. The van der Waals surface area contributed by atoms with E-state index in [1.54, 1.807) is 33.9 Å². The van der Waals surface area contributed by atoms with E-state index in [4.69, 9.17) is 4.74 Å². The van der Waals surface area contributed by atoms with Gasteiger partial charge in [0.2, 0.25) is 11.8 Å². The third-order valence-electron chi connectivity index (χ3n) is 9.25. The lowest BCUT2D eigenvalue weighted by Gasteiger charge is -2.37. The van der Waals surface area contributed by atoms with Gasteiger partial charge in [0.05, 0.1) is 17.4 Å². The lowest BCUT2D eigenvalue weighted by Crippen LogP contribution is -2.56. The number of fused-ring (bicyclic) bond motifs is 1. The van der Waals surface area contributed by atoms with Crippen LogP contribution in [0.3, 0.4) is 0 Å². The van der Waals surface area contributed by atoms with E-state index in [2.05, 4.69) is 13.2 Å². The molecule has 2 unspecified atom stereocenters. The Balaban J connectivity index is 1.82. The molecule has 3 aliphatic heterocycles. The normalized spacial score (nSPS) is 28.5. The number of anilines is 1. The maximum Gasteiger partial charge on any atom is 0.253 e. The molecule has 8 heteroatoms. The molecular formula is C32H45N3O5. The summed E-state index contributed by atoms with van der Waals surface area (Å²) in [6, 6.07) is 5.15. The van der Waals surface area contributed by atoms with Gasteiger partial charge in [-0.2, -0.15) is 0 Å². The van der Waals surface area contributed by atoms with Gasteiger partial charge in [0.25, 0.3) is 5.91 Å². The minimum Gasteiger partial charge on any atom is -0.396 e. The highest BCUT2D eigenvalue weighted by Crippen LogP contribution is 2.64. The minimum absolute atomic E-state index is 0.0803. The van der Waals surface area contributed by atoms with Crippen LogP contribution in [-0.2, 0) is 19.1 Å². The maximum absolute atomic E-state index is 14.7. The highest BCUT2D eigenvalue weighted by Gasteiger charge is 2.78. The lowest BCUT2D eigenvalue weighted by atomic mass is 9.64. The van der Waals surface area contributed by atoms with Crippen LogP contribution in [0.25, 0.3) is 0 Å². The molecule has 3 saturated heterocycles. The molecule has 3 aliphatic rings. The van der Waals surface area contributed by atoms with E-state index in [-0.39, 0.29) is 30.9 Å². The van der Waals surface area contributed by atoms with Crippen molar-refractivity contribution in [3.05, 3.63) is 54.6 Å². The van der Waals surface area contributed by atoms with Crippen molar-refractivity contribution in [3.8, 4) is 0 Å². The van der Waals surface area contributed by atoms with E-state index in [0.29, 0.717) is 45.2 Å². The molecule has 0 radical (unpaired) electrons. The number of carbonyl (C=O) groups is 3. The van der Waals surface area contributed by atoms with Gasteiger partial charge in [-0.25, -0.2) is 0 Å². The summed E-state index contributed by atoms with van der Waals surface area (Å²) in [5.41, 5.74) is 0.911. The zero-order chi connectivity index (χ0) is 29.2. The molecule has 3 heterocycles. The average Bonchev–Trinajstić information content (AvgIpc) is 3.54. The maximum atomic E-state index is 14.7. The molecule has 3 amide bonds. The van der Waals surface area contributed by atoms with Crippen LogP contribution in [0.1, 0.15) is 56.6 Å². The van der Waals surface area contributed by atoms with Gasteiger partial charge in [-0.05, 0) is 69.6 Å². The fourth-order valence-corrected chi connectivity index (χ4v) is 7.30. The summed E-state index contributed by atoms with van der Waals surface area (Å²) in [7, 11) is 1.73. The first-order valence-electron chi connectivity index (χ1n) is 14.6. The highest BCUT2D eigenvalue weighted by molar-refractivity contribution is 6.05. The second-order valence-electron chi connectivity index (χ2n) is 11.7. The number of rotatable bonds is 13. The number of hydrogen-bond acceptors (Lipinski definition) is 5. The van der Waals surface area contributed by atoms with Crippen molar-refractivity contribution in [2.45, 2.75) is 76.5 Å². The fourth-order valence-electron chi connectivity index (χ4n) is 7.30. The van der Waals surface area contributed by atoms with Crippen LogP contribution in [0.2, 0.25) is 0 Å². The van der Waals surface area contributed by atoms with Crippen LogP contribution in [0, 0.1) is 25.7 Å². The average molecular weight is 552 g/mol. The molecule has 2 bridgehead atoms. The molecule has 3 fully saturated rings. The molecule has 5 atom stereocenters. The largest absolute Gasteiger partial charge is 0.396 e.